The van der Waals surface area contributed by atoms with Crippen LogP contribution in [0.3, 0.4) is 0 Å². The summed E-state index contributed by atoms with van der Waals surface area (Å²) in [5, 5.41) is 2.58. The number of anilines is 1. The van der Waals surface area contributed by atoms with Gasteiger partial charge in [0.1, 0.15) is 12.4 Å². The average molecular weight is 241 g/mol. The van der Waals surface area contributed by atoms with Gasteiger partial charge in [-0.3, -0.25) is 4.79 Å². The maximum absolute atomic E-state index is 13.2. The number of ether oxygens (including phenoxy) is 2. The third-order valence-corrected chi connectivity index (χ3v) is 2.21. The van der Waals surface area contributed by atoms with Crippen LogP contribution in [-0.4, -0.2) is 32.8 Å². The molecular formula is C12H16FNO3. The van der Waals surface area contributed by atoms with Crippen molar-refractivity contribution in [2.75, 3.05) is 32.2 Å². The van der Waals surface area contributed by atoms with Crippen molar-refractivity contribution in [3.05, 3.63) is 29.6 Å². The molecule has 0 radical (unpaired) electrons. The number of benzene rings is 1. The minimum atomic E-state index is -0.344. The third kappa shape index (κ3) is 4.50. The maximum atomic E-state index is 13.2. The van der Waals surface area contributed by atoms with Crippen molar-refractivity contribution in [2.45, 2.75) is 6.92 Å². The molecule has 1 aromatic carbocycles. The molecule has 0 fully saturated rings. The van der Waals surface area contributed by atoms with Crippen LogP contribution in [0, 0.1) is 12.7 Å². The quantitative estimate of drug-likeness (QED) is 0.772. The molecule has 0 spiro atoms. The van der Waals surface area contributed by atoms with E-state index < -0.39 is 0 Å². The number of carbonyl (C=O) groups excluding carboxylic acids is 1. The zero-order valence-electron chi connectivity index (χ0n) is 9.96. The number of rotatable bonds is 6. The number of hydrogen-bond acceptors (Lipinski definition) is 3. The average Bonchev–Trinajstić information content (AvgIpc) is 2.31. The van der Waals surface area contributed by atoms with Gasteiger partial charge in [-0.1, -0.05) is 6.07 Å². The number of carbonyl (C=O) groups is 1. The zero-order chi connectivity index (χ0) is 12.7. The van der Waals surface area contributed by atoms with Gasteiger partial charge in [0.15, 0.2) is 0 Å². The SMILES string of the molecule is COCCOCC(=O)Nc1cccc(F)c1C. The highest BCUT2D eigenvalue weighted by molar-refractivity contribution is 5.92. The summed E-state index contributed by atoms with van der Waals surface area (Å²) in [5.41, 5.74) is 0.878. The molecule has 1 amide bonds. The van der Waals surface area contributed by atoms with E-state index in [4.69, 9.17) is 9.47 Å². The van der Waals surface area contributed by atoms with Crippen molar-refractivity contribution in [3.8, 4) is 0 Å². The Morgan fingerprint density at radius 3 is 2.88 bits per heavy atom. The molecule has 0 aliphatic heterocycles. The molecule has 0 atom stereocenters. The summed E-state index contributed by atoms with van der Waals surface area (Å²) in [5.74, 6) is -0.655. The highest BCUT2D eigenvalue weighted by Gasteiger charge is 2.07. The molecular weight excluding hydrogens is 225 g/mol. The predicted molar refractivity (Wildman–Crippen MR) is 62.5 cm³/mol. The normalized spacial score (nSPS) is 10.3. The van der Waals surface area contributed by atoms with E-state index in [2.05, 4.69) is 5.32 Å². The van der Waals surface area contributed by atoms with E-state index in [-0.39, 0.29) is 18.3 Å². The van der Waals surface area contributed by atoms with Crippen molar-refractivity contribution in [3.63, 3.8) is 0 Å². The lowest BCUT2D eigenvalue weighted by atomic mass is 10.2. The Balaban J connectivity index is 2.43. The molecule has 0 aliphatic carbocycles. The molecule has 0 bridgehead atoms. The first kappa shape index (κ1) is 13.6. The van der Waals surface area contributed by atoms with Gasteiger partial charge in [0, 0.05) is 18.4 Å². The van der Waals surface area contributed by atoms with Crippen LogP contribution in [0.2, 0.25) is 0 Å². The van der Waals surface area contributed by atoms with Crippen LogP contribution in [0.5, 0.6) is 0 Å². The first-order valence-corrected chi connectivity index (χ1v) is 5.26. The second kappa shape index (κ2) is 6.98. The van der Waals surface area contributed by atoms with E-state index in [1.54, 1.807) is 26.2 Å². The lowest BCUT2D eigenvalue weighted by Gasteiger charge is -2.09. The van der Waals surface area contributed by atoms with Crippen LogP contribution in [-0.2, 0) is 14.3 Å². The number of methoxy groups -OCH3 is 1. The van der Waals surface area contributed by atoms with Gasteiger partial charge in [-0.2, -0.15) is 0 Å². The van der Waals surface area contributed by atoms with E-state index in [0.717, 1.165) is 0 Å². The lowest BCUT2D eigenvalue weighted by Crippen LogP contribution is -2.20. The molecule has 1 rings (SSSR count). The molecule has 0 aliphatic rings. The fraction of sp³-hybridized carbons (Fsp3) is 0.417. The summed E-state index contributed by atoms with van der Waals surface area (Å²) >= 11 is 0. The smallest absolute Gasteiger partial charge is 0.250 e. The van der Waals surface area contributed by atoms with Gasteiger partial charge in [-0.25, -0.2) is 4.39 Å². The summed E-state index contributed by atoms with van der Waals surface area (Å²) in [7, 11) is 1.56. The molecule has 0 unspecified atom stereocenters. The molecule has 94 valence electrons. The molecule has 0 saturated heterocycles. The van der Waals surface area contributed by atoms with Gasteiger partial charge in [-0.15, -0.1) is 0 Å². The predicted octanol–water partition coefficient (Wildman–Crippen LogP) is 1.74. The highest BCUT2D eigenvalue weighted by atomic mass is 19.1. The second-order valence-corrected chi connectivity index (χ2v) is 3.51. The van der Waals surface area contributed by atoms with E-state index in [1.807, 2.05) is 0 Å². The zero-order valence-corrected chi connectivity index (χ0v) is 9.96. The highest BCUT2D eigenvalue weighted by Crippen LogP contribution is 2.16. The summed E-state index contributed by atoms with van der Waals surface area (Å²) in [6, 6.07) is 4.54. The Kier molecular flexibility index (Phi) is 5.59. The minimum absolute atomic E-state index is 0.0701. The van der Waals surface area contributed by atoms with Gasteiger partial charge in [0.25, 0.3) is 0 Å². The molecule has 17 heavy (non-hydrogen) atoms. The number of amides is 1. The molecule has 0 heterocycles. The topological polar surface area (TPSA) is 47.6 Å². The van der Waals surface area contributed by atoms with Crippen LogP contribution in [0.15, 0.2) is 18.2 Å². The van der Waals surface area contributed by atoms with Gasteiger partial charge >= 0.3 is 0 Å². The van der Waals surface area contributed by atoms with Crippen molar-refractivity contribution in [1.82, 2.24) is 0 Å². The first-order valence-electron chi connectivity index (χ1n) is 5.26. The molecule has 0 saturated carbocycles. The van der Waals surface area contributed by atoms with Crippen LogP contribution in [0.1, 0.15) is 5.56 Å². The fourth-order valence-electron chi connectivity index (χ4n) is 1.24. The standard InChI is InChI=1S/C12H16FNO3/c1-9-10(13)4-3-5-11(9)14-12(15)8-17-7-6-16-2/h3-5H,6-8H2,1-2H3,(H,14,15). The van der Waals surface area contributed by atoms with Gasteiger partial charge < -0.3 is 14.8 Å². The fourth-order valence-corrected chi connectivity index (χ4v) is 1.24. The molecule has 1 aromatic rings. The van der Waals surface area contributed by atoms with Crippen LogP contribution >= 0.6 is 0 Å². The van der Waals surface area contributed by atoms with Gasteiger partial charge in [0.05, 0.1) is 13.2 Å². The summed E-state index contributed by atoms with van der Waals surface area (Å²) in [6.45, 7) is 2.33. The van der Waals surface area contributed by atoms with E-state index >= 15 is 0 Å². The first-order chi connectivity index (χ1) is 8.15. The maximum Gasteiger partial charge on any atom is 0.250 e. The Morgan fingerprint density at radius 1 is 1.41 bits per heavy atom. The summed E-state index contributed by atoms with van der Waals surface area (Å²) in [4.78, 5) is 11.4. The van der Waals surface area contributed by atoms with E-state index in [1.165, 1.54) is 6.07 Å². The van der Waals surface area contributed by atoms with Crippen LogP contribution in [0.4, 0.5) is 10.1 Å². The molecule has 5 heteroatoms. The van der Waals surface area contributed by atoms with Gasteiger partial charge in [-0.05, 0) is 19.1 Å². The summed E-state index contributed by atoms with van der Waals surface area (Å²) in [6.07, 6.45) is 0. The van der Waals surface area contributed by atoms with E-state index in [9.17, 15) is 9.18 Å². The Hall–Kier alpha value is -1.46. The van der Waals surface area contributed by atoms with Crippen LogP contribution in [0.25, 0.3) is 0 Å². The van der Waals surface area contributed by atoms with Crippen molar-refractivity contribution < 1.29 is 18.7 Å². The van der Waals surface area contributed by atoms with Crippen molar-refractivity contribution in [2.24, 2.45) is 0 Å². The molecule has 1 N–H and O–H groups in total. The third-order valence-electron chi connectivity index (χ3n) is 2.21. The monoisotopic (exact) mass is 241 g/mol. The molecule has 4 nitrogen and oxygen atoms in total. The van der Waals surface area contributed by atoms with Crippen molar-refractivity contribution >= 4 is 11.6 Å². The van der Waals surface area contributed by atoms with Gasteiger partial charge in [0.2, 0.25) is 5.91 Å². The molecule has 0 aromatic heterocycles. The Labute approximate surface area is 99.7 Å². The number of halogens is 1. The Morgan fingerprint density at radius 2 is 2.18 bits per heavy atom. The largest absolute Gasteiger partial charge is 0.382 e. The van der Waals surface area contributed by atoms with Crippen molar-refractivity contribution in [1.29, 1.82) is 0 Å². The Bertz CT molecular complexity index is 382. The minimum Gasteiger partial charge on any atom is -0.382 e. The summed E-state index contributed by atoms with van der Waals surface area (Å²) < 4.78 is 23.0. The number of hydrogen-bond donors (Lipinski definition) is 1. The van der Waals surface area contributed by atoms with Crippen LogP contribution < -0.4 is 5.32 Å². The second-order valence-electron chi connectivity index (χ2n) is 3.51. The lowest BCUT2D eigenvalue weighted by molar-refractivity contribution is -0.121. The number of nitrogens with one attached hydrogen (secondary N) is 1. The van der Waals surface area contributed by atoms with E-state index in [0.29, 0.717) is 24.5 Å².